The average molecular weight is 350 g/mol. The average Bonchev–Trinajstić information content (AvgIpc) is 2.51. The van der Waals surface area contributed by atoms with Gasteiger partial charge in [0.25, 0.3) is 0 Å². The lowest BCUT2D eigenvalue weighted by Crippen LogP contribution is -2.43. The Balaban J connectivity index is 1.69. The molecule has 0 aliphatic heterocycles. The molecule has 0 atom stereocenters. The van der Waals surface area contributed by atoms with Crippen molar-refractivity contribution in [2.45, 2.75) is 30.6 Å². The van der Waals surface area contributed by atoms with Crippen molar-refractivity contribution < 1.29 is 8.42 Å². The van der Waals surface area contributed by atoms with E-state index < -0.39 is 10.0 Å². The third-order valence-electron chi connectivity index (χ3n) is 4.60. The normalized spacial score (nSPS) is 16.7. The fourth-order valence-electron chi connectivity index (χ4n) is 3.07. The van der Waals surface area contributed by atoms with E-state index >= 15 is 0 Å². The summed E-state index contributed by atoms with van der Waals surface area (Å²) in [5.74, 6) is 0. The van der Waals surface area contributed by atoms with Gasteiger partial charge in [-0.05, 0) is 54.5 Å². The molecule has 2 aromatic carbocycles. The van der Waals surface area contributed by atoms with Crippen LogP contribution in [0.1, 0.15) is 24.8 Å². The number of benzene rings is 2. The van der Waals surface area contributed by atoms with Gasteiger partial charge >= 0.3 is 0 Å². The summed E-state index contributed by atoms with van der Waals surface area (Å²) in [6.45, 7) is 0.479. The SMILES string of the molecule is O=S(=O)(NCC1(Cc2ccccc2)CCC1)c1ccc(Cl)cc1. The molecule has 0 amide bonds. The van der Waals surface area contributed by atoms with Crippen LogP contribution in [0.4, 0.5) is 0 Å². The van der Waals surface area contributed by atoms with E-state index in [2.05, 4.69) is 16.9 Å². The molecule has 1 saturated carbocycles. The van der Waals surface area contributed by atoms with Gasteiger partial charge in [0, 0.05) is 11.6 Å². The first-order valence-electron chi connectivity index (χ1n) is 7.78. The number of hydrogen-bond acceptors (Lipinski definition) is 2. The van der Waals surface area contributed by atoms with E-state index in [-0.39, 0.29) is 10.3 Å². The minimum absolute atomic E-state index is 0.0425. The van der Waals surface area contributed by atoms with Crippen LogP contribution in [-0.2, 0) is 16.4 Å². The van der Waals surface area contributed by atoms with Crippen molar-refractivity contribution in [2.75, 3.05) is 6.54 Å². The number of hydrogen-bond donors (Lipinski definition) is 1. The fourth-order valence-corrected chi connectivity index (χ4v) is 4.35. The van der Waals surface area contributed by atoms with Gasteiger partial charge in [0.15, 0.2) is 0 Å². The summed E-state index contributed by atoms with van der Waals surface area (Å²) in [6.07, 6.45) is 4.20. The van der Waals surface area contributed by atoms with Crippen molar-refractivity contribution in [3.05, 3.63) is 65.2 Å². The Bertz CT molecular complexity index is 753. The van der Waals surface area contributed by atoms with E-state index in [9.17, 15) is 8.42 Å². The first kappa shape index (κ1) is 16.5. The first-order valence-corrected chi connectivity index (χ1v) is 9.65. The van der Waals surface area contributed by atoms with E-state index in [1.165, 1.54) is 17.7 Å². The zero-order valence-corrected chi connectivity index (χ0v) is 14.4. The van der Waals surface area contributed by atoms with E-state index in [4.69, 9.17) is 11.6 Å². The number of sulfonamides is 1. The van der Waals surface area contributed by atoms with Crippen molar-refractivity contribution in [1.82, 2.24) is 4.72 Å². The van der Waals surface area contributed by atoms with Crippen LogP contribution >= 0.6 is 11.6 Å². The van der Waals surface area contributed by atoms with E-state index in [1.807, 2.05) is 18.2 Å². The molecule has 0 aromatic heterocycles. The van der Waals surface area contributed by atoms with Gasteiger partial charge in [-0.1, -0.05) is 48.4 Å². The van der Waals surface area contributed by atoms with E-state index in [0.29, 0.717) is 11.6 Å². The molecule has 0 spiro atoms. The summed E-state index contributed by atoms with van der Waals surface area (Å²) in [4.78, 5) is 0.260. The van der Waals surface area contributed by atoms with Crippen molar-refractivity contribution in [1.29, 1.82) is 0 Å². The Labute approximate surface area is 142 Å². The molecule has 0 radical (unpaired) electrons. The molecule has 1 N–H and O–H groups in total. The van der Waals surface area contributed by atoms with Crippen molar-refractivity contribution in [2.24, 2.45) is 5.41 Å². The van der Waals surface area contributed by atoms with Crippen molar-refractivity contribution in [3.63, 3.8) is 0 Å². The Morgan fingerprint density at radius 3 is 2.22 bits per heavy atom. The lowest BCUT2D eigenvalue weighted by atomic mass is 9.65. The van der Waals surface area contributed by atoms with E-state index in [1.54, 1.807) is 12.1 Å². The van der Waals surface area contributed by atoms with Gasteiger partial charge in [-0.2, -0.15) is 0 Å². The Kier molecular flexibility index (Phi) is 4.76. The molecular formula is C18H20ClNO2S. The van der Waals surface area contributed by atoms with Crippen LogP contribution < -0.4 is 4.72 Å². The molecule has 0 saturated heterocycles. The van der Waals surface area contributed by atoms with Gasteiger partial charge in [-0.3, -0.25) is 0 Å². The highest BCUT2D eigenvalue weighted by atomic mass is 35.5. The molecule has 0 unspecified atom stereocenters. The highest BCUT2D eigenvalue weighted by molar-refractivity contribution is 7.89. The Morgan fingerprint density at radius 1 is 1.00 bits per heavy atom. The second-order valence-electron chi connectivity index (χ2n) is 6.29. The van der Waals surface area contributed by atoms with Gasteiger partial charge in [-0.25, -0.2) is 13.1 Å². The Hall–Kier alpha value is -1.36. The zero-order chi connectivity index (χ0) is 16.3. The van der Waals surface area contributed by atoms with Crippen LogP contribution in [0.2, 0.25) is 5.02 Å². The molecular weight excluding hydrogens is 330 g/mol. The third kappa shape index (κ3) is 3.94. The van der Waals surface area contributed by atoms with Crippen LogP contribution in [0.25, 0.3) is 0 Å². The van der Waals surface area contributed by atoms with Crippen LogP contribution in [-0.4, -0.2) is 15.0 Å². The predicted molar refractivity (Wildman–Crippen MR) is 93.1 cm³/mol. The lowest BCUT2D eigenvalue weighted by Gasteiger charge is -2.42. The molecule has 0 bridgehead atoms. The topological polar surface area (TPSA) is 46.2 Å². The highest BCUT2D eigenvalue weighted by Crippen LogP contribution is 2.43. The Morgan fingerprint density at radius 2 is 1.65 bits per heavy atom. The molecule has 122 valence electrons. The summed E-state index contributed by atoms with van der Waals surface area (Å²) in [5.41, 5.74) is 1.30. The zero-order valence-electron chi connectivity index (χ0n) is 12.8. The molecule has 2 aromatic rings. The second kappa shape index (κ2) is 6.63. The van der Waals surface area contributed by atoms with Crippen LogP contribution in [0, 0.1) is 5.41 Å². The van der Waals surface area contributed by atoms with Gasteiger partial charge in [0.2, 0.25) is 10.0 Å². The monoisotopic (exact) mass is 349 g/mol. The second-order valence-corrected chi connectivity index (χ2v) is 8.50. The van der Waals surface area contributed by atoms with Gasteiger partial charge in [-0.15, -0.1) is 0 Å². The van der Waals surface area contributed by atoms with Crippen molar-refractivity contribution in [3.8, 4) is 0 Å². The highest BCUT2D eigenvalue weighted by Gasteiger charge is 2.37. The predicted octanol–water partition coefficient (Wildman–Crippen LogP) is 4.03. The van der Waals surface area contributed by atoms with Gasteiger partial charge in [0.05, 0.1) is 4.90 Å². The number of halogens is 1. The molecule has 3 nitrogen and oxygen atoms in total. The summed E-state index contributed by atoms with van der Waals surface area (Å²) >= 11 is 5.82. The minimum Gasteiger partial charge on any atom is -0.211 e. The maximum Gasteiger partial charge on any atom is 0.240 e. The molecule has 1 aliphatic carbocycles. The van der Waals surface area contributed by atoms with Crippen molar-refractivity contribution >= 4 is 21.6 Å². The lowest BCUT2D eigenvalue weighted by molar-refractivity contribution is 0.139. The smallest absolute Gasteiger partial charge is 0.211 e. The quantitative estimate of drug-likeness (QED) is 0.855. The molecule has 5 heteroatoms. The minimum atomic E-state index is -3.49. The molecule has 0 heterocycles. The maximum atomic E-state index is 12.4. The molecule has 3 rings (SSSR count). The summed E-state index contributed by atoms with van der Waals surface area (Å²) in [5, 5.41) is 0.531. The summed E-state index contributed by atoms with van der Waals surface area (Å²) in [7, 11) is -3.49. The van der Waals surface area contributed by atoms with E-state index in [0.717, 1.165) is 25.7 Å². The standard InChI is InChI=1S/C18H20ClNO2S/c19-16-7-9-17(10-8-16)23(21,22)20-14-18(11-4-12-18)13-15-5-2-1-3-6-15/h1-3,5-10,20H,4,11-14H2. The van der Waals surface area contributed by atoms with Gasteiger partial charge in [0.1, 0.15) is 0 Å². The van der Waals surface area contributed by atoms with Crippen LogP contribution in [0.3, 0.4) is 0 Å². The first-order chi connectivity index (χ1) is 11.0. The summed E-state index contributed by atoms with van der Waals surface area (Å²) < 4.78 is 27.6. The fraction of sp³-hybridized carbons (Fsp3) is 0.333. The number of nitrogens with one attached hydrogen (secondary N) is 1. The third-order valence-corrected chi connectivity index (χ3v) is 6.27. The molecule has 1 aliphatic rings. The number of rotatable bonds is 6. The van der Waals surface area contributed by atoms with Crippen LogP contribution in [0.15, 0.2) is 59.5 Å². The van der Waals surface area contributed by atoms with Gasteiger partial charge < -0.3 is 0 Å². The molecule has 23 heavy (non-hydrogen) atoms. The summed E-state index contributed by atoms with van der Waals surface area (Å²) in [6, 6.07) is 16.5. The van der Waals surface area contributed by atoms with Crippen LogP contribution in [0.5, 0.6) is 0 Å². The molecule has 1 fully saturated rings. The maximum absolute atomic E-state index is 12.4. The largest absolute Gasteiger partial charge is 0.240 e.